The molecule has 0 aliphatic carbocycles. The fourth-order valence-electron chi connectivity index (χ4n) is 3.53. The number of nitrogens with two attached hydrogens (primary N) is 1. The molecular weight excluding hydrogens is 406 g/mol. The molecule has 1 aliphatic rings. The summed E-state index contributed by atoms with van der Waals surface area (Å²) in [6.45, 7) is 1.30. The van der Waals surface area contributed by atoms with Crippen molar-refractivity contribution in [3.63, 3.8) is 0 Å². The maximum absolute atomic E-state index is 12.7. The number of hydrogen-bond donors (Lipinski definition) is 4. The molecular formula is C21H22ClN5O3. The van der Waals surface area contributed by atoms with E-state index in [0.717, 1.165) is 11.3 Å². The molecule has 1 aromatic carbocycles. The molecule has 1 aliphatic heterocycles. The quantitative estimate of drug-likeness (QED) is 0.460. The van der Waals surface area contributed by atoms with E-state index >= 15 is 0 Å². The molecule has 0 spiro atoms. The minimum atomic E-state index is -0.152. The summed E-state index contributed by atoms with van der Waals surface area (Å²) in [5.74, 6) is 0.911. The predicted octanol–water partition coefficient (Wildman–Crippen LogP) is 3.11. The van der Waals surface area contributed by atoms with Crippen LogP contribution in [-0.2, 0) is 6.42 Å². The van der Waals surface area contributed by atoms with Crippen LogP contribution in [0.15, 0.2) is 36.7 Å². The lowest BCUT2D eigenvalue weighted by Crippen LogP contribution is -2.31. The first-order valence-electron chi connectivity index (χ1n) is 9.53. The van der Waals surface area contributed by atoms with E-state index in [0.29, 0.717) is 65.3 Å². The Hall–Kier alpha value is -3.23. The molecule has 3 aromatic rings. The number of ether oxygens (including phenoxy) is 2. The summed E-state index contributed by atoms with van der Waals surface area (Å²) in [5.41, 5.74) is 9.74. The van der Waals surface area contributed by atoms with E-state index in [1.54, 1.807) is 25.6 Å². The second-order valence-electron chi connectivity index (χ2n) is 6.69. The minimum Gasteiger partial charge on any atom is -0.493 e. The number of methoxy groups -OCH3 is 1. The standard InChI is InChI=1S/C21H22ClN5O3/c1-29-20-13(22)3-2-4-15(20)27-19-17-14(6-9-25-21(17)28)26-18(19)12-5-8-24-11-16(12)30-10-7-23/h2-5,8,11,26-27H,6-7,9-10,23H2,1H3,(H,25,28). The minimum absolute atomic E-state index is 0.152. The highest BCUT2D eigenvalue weighted by molar-refractivity contribution is 6.32. The summed E-state index contributed by atoms with van der Waals surface area (Å²) in [5, 5.41) is 6.72. The van der Waals surface area contributed by atoms with E-state index in [4.69, 9.17) is 26.8 Å². The fraction of sp³-hybridized carbons (Fsp3) is 0.238. The van der Waals surface area contributed by atoms with Crippen LogP contribution in [0.2, 0.25) is 5.02 Å². The lowest BCUT2D eigenvalue weighted by molar-refractivity contribution is 0.0947. The zero-order valence-electron chi connectivity index (χ0n) is 16.4. The molecule has 2 aromatic heterocycles. The van der Waals surface area contributed by atoms with Gasteiger partial charge in [0.05, 0.1) is 41.0 Å². The van der Waals surface area contributed by atoms with E-state index < -0.39 is 0 Å². The van der Waals surface area contributed by atoms with Crippen LogP contribution >= 0.6 is 11.6 Å². The number of halogens is 1. The Kier molecular flexibility index (Phi) is 5.78. The van der Waals surface area contributed by atoms with Crippen LogP contribution in [0, 0.1) is 0 Å². The number of hydrogen-bond acceptors (Lipinski definition) is 6. The highest BCUT2D eigenvalue weighted by atomic mass is 35.5. The smallest absolute Gasteiger partial charge is 0.255 e. The van der Waals surface area contributed by atoms with Gasteiger partial charge in [0.15, 0.2) is 5.75 Å². The van der Waals surface area contributed by atoms with Crippen LogP contribution in [-0.4, -0.2) is 42.7 Å². The first-order valence-corrected chi connectivity index (χ1v) is 9.91. The molecule has 30 heavy (non-hydrogen) atoms. The number of carbonyl (C=O) groups excluding carboxylic acids is 1. The van der Waals surface area contributed by atoms with Crippen LogP contribution in [0.25, 0.3) is 11.3 Å². The third-order valence-electron chi connectivity index (χ3n) is 4.83. The number of H-pyrrole nitrogens is 1. The predicted molar refractivity (Wildman–Crippen MR) is 116 cm³/mol. The molecule has 8 nitrogen and oxygen atoms in total. The molecule has 1 amide bonds. The Morgan fingerprint density at radius 2 is 2.20 bits per heavy atom. The van der Waals surface area contributed by atoms with Crippen molar-refractivity contribution in [3.05, 3.63) is 52.9 Å². The van der Waals surface area contributed by atoms with Gasteiger partial charge in [-0.05, 0) is 18.2 Å². The van der Waals surface area contributed by atoms with Crippen LogP contribution < -0.4 is 25.8 Å². The lowest BCUT2D eigenvalue weighted by atomic mass is 10.0. The summed E-state index contributed by atoms with van der Waals surface area (Å²) in [6.07, 6.45) is 4.00. The molecule has 4 rings (SSSR count). The zero-order valence-corrected chi connectivity index (χ0v) is 17.2. The highest BCUT2D eigenvalue weighted by Crippen LogP contribution is 2.42. The van der Waals surface area contributed by atoms with Crippen molar-refractivity contribution in [1.29, 1.82) is 0 Å². The van der Waals surface area contributed by atoms with Crippen LogP contribution in [0.5, 0.6) is 11.5 Å². The molecule has 0 saturated carbocycles. The largest absolute Gasteiger partial charge is 0.493 e. The van der Waals surface area contributed by atoms with Gasteiger partial charge in [-0.1, -0.05) is 17.7 Å². The number of nitrogens with one attached hydrogen (secondary N) is 3. The van der Waals surface area contributed by atoms with Gasteiger partial charge in [-0.15, -0.1) is 0 Å². The van der Waals surface area contributed by atoms with Gasteiger partial charge in [-0.25, -0.2) is 0 Å². The number of pyridine rings is 1. The maximum Gasteiger partial charge on any atom is 0.255 e. The molecule has 9 heteroatoms. The number of rotatable bonds is 7. The van der Waals surface area contributed by atoms with E-state index in [9.17, 15) is 4.79 Å². The summed E-state index contributed by atoms with van der Waals surface area (Å²) in [7, 11) is 1.55. The van der Waals surface area contributed by atoms with E-state index in [1.807, 2.05) is 18.2 Å². The van der Waals surface area contributed by atoms with E-state index in [2.05, 4.69) is 20.6 Å². The summed E-state index contributed by atoms with van der Waals surface area (Å²) < 4.78 is 11.3. The van der Waals surface area contributed by atoms with Gasteiger partial charge >= 0.3 is 0 Å². The van der Waals surface area contributed by atoms with Crippen molar-refractivity contribution in [1.82, 2.24) is 15.3 Å². The number of benzene rings is 1. The van der Waals surface area contributed by atoms with Crippen LogP contribution in [0.4, 0.5) is 11.4 Å². The molecule has 0 unspecified atom stereocenters. The summed E-state index contributed by atoms with van der Waals surface area (Å²) >= 11 is 6.29. The van der Waals surface area contributed by atoms with Crippen molar-refractivity contribution in [3.8, 4) is 22.8 Å². The second-order valence-corrected chi connectivity index (χ2v) is 7.10. The average molecular weight is 428 g/mol. The number of nitrogens with zero attached hydrogens (tertiary/aromatic N) is 1. The van der Waals surface area contributed by atoms with Crippen LogP contribution in [0.1, 0.15) is 16.1 Å². The van der Waals surface area contributed by atoms with Gasteiger partial charge in [0.25, 0.3) is 5.91 Å². The third kappa shape index (κ3) is 3.67. The number of amides is 1. The monoisotopic (exact) mass is 427 g/mol. The lowest BCUT2D eigenvalue weighted by Gasteiger charge is -2.17. The Bertz CT molecular complexity index is 1080. The molecule has 0 bridgehead atoms. The van der Waals surface area contributed by atoms with E-state index in [-0.39, 0.29) is 5.91 Å². The zero-order chi connectivity index (χ0) is 21.1. The number of aromatic nitrogens is 2. The van der Waals surface area contributed by atoms with Crippen molar-refractivity contribution in [2.45, 2.75) is 6.42 Å². The van der Waals surface area contributed by atoms with Crippen molar-refractivity contribution in [2.24, 2.45) is 5.73 Å². The van der Waals surface area contributed by atoms with Gasteiger partial charge < -0.3 is 30.8 Å². The molecule has 5 N–H and O–H groups in total. The maximum atomic E-state index is 12.7. The van der Waals surface area contributed by atoms with Gasteiger partial charge in [-0.3, -0.25) is 9.78 Å². The molecule has 0 saturated heterocycles. The van der Waals surface area contributed by atoms with Gasteiger partial charge in [0.2, 0.25) is 0 Å². The Labute approximate surface area is 178 Å². The fourth-order valence-corrected chi connectivity index (χ4v) is 3.78. The number of anilines is 2. The average Bonchev–Trinajstić information content (AvgIpc) is 3.12. The number of carbonyl (C=O) groups is 1. The van der Waals surface area contributed by atoms with Crippen molar-refractivity contribution >= 4 is 28.9 Å². The van der Waals surface area contributed by atoms with Gasteiger partial charge in [-0.2, -0.15) is 0 Å². The van der Waals surface area contributed by atoms with Gasteiger partial charge in [0.1, 0.15) is 12.4 Å². The molecule has 3 heterocycles. The second kappa shape index (κ2) is 8.64. The van der Waals surface area contributed by atoms with Gasteiger partial charge in [0, 0.05) is 37.0 Å². The first-order chi connectivity index (χ1) is 14.6. The summed E-state index contributed by atoms with van der Waals surface area (Å²) in [4.78, 5) is 20.3. The Balaban J connectivity index is 1.88. The third-order valence-corrected chi connectivity index (χ3v) is 5.12. The SMILES string of the molecule is COc1c(Cl)cccc1Nc1c(-c2ccncc2OCCN)[nH]c2c1C(=O)NCC2. The van der Waals surface area contributed by atoms with Crippen molar-refractivity contribution in [2.75, 3.05) is 32.1 Å². The molecule has 0 atom stereocenters. The highest BCUT2D eigenvalue weighted by Gasteiger charge is 2.28. The number of aromatic amines is 1. The van der Waals surface area contributed by atoms with Crippen LogP contribution in [0.3, 0.4) is 0 Å². The first kappa shape index (κ1) is 20.1. The summed E-state index contributed by atoms with van der Waals surface area (Å²) in [6, 6.07) is 7.23. The van der Waals surface area contributed by atoms with E-state index in [1.165, 1.54) is 0 Å². The number of para-hydroxylation sites is 1. The Morgan fingerprint density at radius 3 is 3.00 bits per heavy atom. The Morgan fingerprint density at radius 1 is 1.33 bits per heavy atom. The normalized spacial score (nSPS) is 12.8. The molecule has 0 fully saturated rings. The topological polar surface area (TPSA) is 114 Å². The molecule has 0 radical (unpaired) electrons. The molecule has 156 valence electrons. The number of fused-ring (bicyclic) bond motifs is 1. The van der Waals surface area contributed by atoms with Crippen molar-refractivity contribution < 1.29 is 14.3 Å².